The van der Waals surface area contributed by atoms with Gasteiger partial charge < -0.3 is 9.88 Å². The Balaban J connectivity index is 1.21. The molecule has 0 spiro atoms. The molecule has 0 fully saturated rings. The van der Waals surface area contributed by atoms with Gasteiger partial charge in [-0.15, -0.1) is 0 Å². The number of nitrogens with zero attached hydrogens (tertiary/aromatic N) is 2. The largest absolute Gasteiger partial charge is 0.355 e. The predicted molar refractivity (Wildman–Crippen MR) is 202 cm³/mol. The lowest BCUT2D eigenvalue weighted by atomic mass is 9.98. The minimum absolute atomic E-state index is 0.944. The van der Waals surface area contributed by atoms with Crippen LogP contribution in [0.25, 0.3) is 71.9 Å². The Morgan fingerprint density at radius 2 is 1.04 bits per heavy atom. The van der Waals surface area contributed by atoms with Crippen molar-refractivity contribution in [2.45, 2.75) is 0 Å². The Hall–Kier alpha value is -6.45. The number of benzene rings is 7. The van der Waals surface area contributed by atoms with E-state index < -0.39 is 0 Å². The second kappa shape index (κ2) is 11.7. The van der Waals surface area contributed by atoms with Crippen molar-refractivity contribution < 1.29 is 0 Å². The van der Waals surface area contributed by atoms with E-state index in [9.17, 15) is 0 Å². The monoisotopic (exact) mass is 613 g/mol. The van der Waals surface area contributed by atoms with E-state index in [0.29, 0.717) is 0 Å². The maximum Gasteiger partial charge on any atom is 0.0716 e. The molecule has 0 aliphatic carbocycles. The number of fused-ring (bicyclic) bond motifs is 4. The first kappa shape index (κ1) is 27.8. The lowest BCUT2D eigenvalue weighted by Gasteiger charge is -2.16. The molecule has 3 heteroatoms. The highest BCUT2D eigenvalue weighted by Gasteiger charge is 2.17. The molecule has 3 nitrogen and oxygen atoms in total. The average molecular weight is 614 g/mol. The number of nitrogens with one attached hydrogen (secondary N) is 1. The number of hydrogen-bond acceptors (Lipinski definition) is 2. The summed E-state index contributed by atoms with van der Waals surface area (Å²) in [6.07, 6.45) is 0. The molecule has 0 bridgehead atoms. The van der Waals surface area contributed by atoms with Crippen LogP contribution in [0.15, 0.2) is 182 Å². The van der Waals surface area contributed by atoms with Gasteiger partial charge in [0.25, 0.3) is 0 Å². The van der Waals surface area contributed by atoms with Gasteiger partial charge in [-0.2, -0.15) is 0 Å². The van der Waals surface area contributed by atoms with Gasteiger partial charge in [0.15, 0.2) is 0 Å². The second-order valence-corrected chi connectivity index (χ2v) is 12.1. The van der Waals surface area contributed by atoms with Crippen molar-refractivity contribution in [2.24, 2.45) is 0 Å². The van der Waals surface area contributed by atoms with Crippen LogP contribution >= 0.6 is 0 Å². The smallest absolute Gasteiger partial charge is 0.0716 e. The number of para-hydroxylation sites is 3. The van der Waals surface area contributed by atoms with Crippen LogP contribution in [0.1, 0.15) is 0 Å². The van der Waals surface area contributed by atoms with Crippen molar-refractivity contribution in [1.29, 1.82) is 0 Å². The minimum atomic E-state index is 0.944. The lowest BCUT2D eigenvalue weighted by molar-refractivity contribution is 1.18. The van der Waals surface area contributed by atoms with E-state index in [1.807, 2.05) is 0 Å². The first-order valence-corrected chi connectivity index (χ1v) is 16.3. The zero-order chi connectivity index (χ0) is 31.9. The first-order chi connectivity index (χ1) is 23.8. The first-order valence-electron chi connectivity index (χ1n) is 16.3. The maximum atomic E-state index is 5.12. The highest BCUT2D eigenvalue weighted by atomic mass is 15.0. The Kier molecular flexibility index (Phi) is 6.80. The lowest BCUT2D eigenvalue weighted by Crippen LogP contribution is -1.97. The summed E-state index contributed by atoms with van der Waals surface area (Å²) in [4.78, 5) is 5.12. The Bertz CT molecular complexity index is 2570. The van der Waals surface area contributed by atoms with Gasteiger partial charge in [0.2, 0.25) is 0 Å². The molecule has 0 radical (unpaired) electrons. The van der Waals surface area contributed by atoms with Crippen LogP contribution in [0.3, 0.4) is 0 Å². The van der Waals surface area contributed by atoms with E-state index in [0.717, 1.165) is 50.3 Å². The zero-order valence-electron chi connectivity index (χ0n) is 26.2. The van der Waals surface area contributed by atoms with Crippen LogP contribution in [-0.2, 0) is 0 Å². The molecule has 2 heterocycles. The SMILES string of the molecule is c1ccc(-c2cc3c4ccccc4n(-c4ccccc4)c3cc2Nc2cccc(-c3cc(-c4ccccc4)c4ccccc4n3)c2)cc1. The van der Waals surface area contributed by atoms with Gasteiger partial charge in [-0.25, -0.2) is 4.98 Å². The van der Waals surface area contributed by atoms with Crippen LogP contribution in [0.5, 0.6) is 0 Å². The van der Waals surface area contributed by atoms with Gasteiger partial charge in [-0.1, -0.05) is 127 Å². The van der Waals surface area contributed by atoms with Gasteiger partial charge in [0, 0.05) is 44.3 Å². The molecule has 9 rings (SSSR count). The van der Waals surface area contributed by atoms with Gasteiger partial charge in [-0.05, 0) is 71.3 Å². The molecule has 226 valence electrons. The van der Waals surface area contributed by atoms with Crippen LogP contribution in [0.2, 0.25) is 0 Å². The highest BCUT2D eigenvalue weighted by molar-refractivity contribution is 6.12. The zero-order valence-corrected chi connectivity index (χ0v) is 26.2. The molecule has 1 N–H and O–H groups in total. The summed E-state index contributed by atoms with van der Waals surface area (Å²) < 4.78 is 2.37. The van der Waals surface area contributed by atoms with Crippen molar-refractivity contribution >= 4 is 44.1 Å². The van der Waals surface area contributed by atoms with Crippen molar-refractivity contribution in [3.05, 3.63) is 182 Å². The van der Waals surface area contributed by atoms with Crippen LogP contribution in [0.4, 0.5) is 11.4 Å². The van der Waals surface area contributed by atoms with E-state index in [2.05, 4.69) is 192 Å². The van der Waals surface area contributed by atoms with Crippen LogP contribution in [-0.4, -0.2) is 9.55 Å². The van der Waals surface area contributed by atoms with E-state index in [1.165, 1.54) is 33.0 Å². The molecule has 0 amide bonds. The molecule has 2 aromatic heterocycles. The molecular weight excluding hydrogens is 583 g/mol. The number of hydrogen-bond donors (Lipinski definition) is 1. The number of pyridine rings is 1. The molecule has 0 aliphatic rings. The van der Waals surface area contributed by atoms with Crippen LogP contribution in [0, 0.1) is 0 Å². The fourth-order valence-corrected chi connectivity index (χ4v) is 6.92. The van der Waals surface area contributed by atoms with Gasteiger partial charge in [-0.3, -0.25) is 0 Å². The molecule has 0 atom stereocenters. The van der Waals surface area contributed by atoms with Crippen molar-refractivity contribution in [3.8, 4) is 39.2 Å². The normalized spacial score (nSPS) is 11.3. The Morgan fingerprint density at radius 3 is 1.81 bits per heavy atom. The summed E-state index contributed by atoms with van der Waals surface area (Å²) in [7, 11) is 0. The van der Waals surface area contributed by atoms with Crippen molar-refractivity contribution in [2.75, 3.05) is 5.32 Å². The molecule has 0 unspecified atom stereocenters. The summed E-state index contributed by atoms with van der Waals surface area (Å²) in [6.45, 7) is 0. The van der Waals surface area contributed by atoms with E-state index in [-0.39, 0.29) is 0 Å². The predicted octanol–water partition coefficient (Wildman–Crippen LogP) is 12.1. The number of anilines is 2. The molecule has 48 heavy (non-hydrogen) atoms. The molecular formula is C45H31N3. The fraction of sp³-hybridized carbons (Fsp3) is 0. The highest BCUT2D eigenvalue weighted by Crippen LogP contribution is 2.40. The molecule has 7 aromatic carbocycles. The van der Waals surface area contributed by atoms with Crippen molar-refractivity contribution in [3.63, 3.8) is 0 Å². The summed E-state index contributed by atoms with van der Waals surface area (Å²) in [6, 6.07) is 64.4. The molecule has 9 aromatic rings. The van der Waals surface area contributed by atoms with Crippen molar-refractivity contribution in [1.82, 2.24) is 9.55 Å². The second-order valence-electron chi connectivity index (χ2n) is 12.1. The van der Waals surface area contributed by atoms with Gasteiger partial charge in [0.05, 0.1) is 22.2 Å². The summed E-state index contributed by atoms with van der Waals surface area (Å²) in [5.41, 5.74) is 13.2. The third-order valence-corrected chi connectivity index (χ3v) is 9.15. The van der Waals surface area contributed by atoms with Gasteiger partial charge >= 0.3 is 0 Å². The standard InChI is InChI=1S/C45H31N3/c1-4-15-31(16-5-1)38-29-42(47-41-25-12-10-23-36(38)41)33-19-14-20-34(27-33)46-43-30-45-40(28-39(43)32-17-6-2-7-18-32)37-24-11-13-26-44(37)48(45)35-21-8-3-9-22-35/h1-30,46H. The number of aromatic nitrogens is 2. The summed E-state index contributed by atoms with van der Waals surface area (Å²) in [5.74, 6) is 0. The Morgan fingerprint density at radius 1 is 0.417 bits per heavy atom. The molecule has 0 saturated carbocycles. The average Bonchev–Trinajstić information content (AvgIpc) is 3.48. The minimum Gasteiger partial charge on any atom is -0.355 e. The van der Waals surface area contributed by atoms with E-state index in [4.69, 9.17) is 4.98 Å². The number of rotatable bonds is 6. The van der Waals surface area contributed by atoms with Crippen LogP contribution < -0.4 is 5.32 Å². The van der Waals surface area contributed by atoms with Gasteiger partial charge in [0.1, 0.15) is 0 Å². The Labute approximate surface area is 279 Å². The molecule has 0 aliphatic heterocycles. The summed E-state index contributed by atoms with van der Waals surface area (Å²) in [5, 5.41) is 7.45. The fourth-order valence-electron chi connectivity index (χ4n) is 6.92. The topological polar surface area (TPSA) is 29.9 Å². The van der Waals surface area contributed by atoms with E-state index in [1.54, 1.807) is 0 Å². The molecule has 0 saturated heterocycles. The third kappa shape index (κ3) is 4.90. The third-order valence-electron chi connectivity index (χ3n) is 9.15. The quantitative estimate of drug-likeness (QED) is 0.202. The summed E-state index contributed by atoms with van der Waals surface area (Å²) >= 11 is 0. The van der Waals surface area contributed by atoms with E-state index >= 15 is 0 Å². The maximum absolute atomic E-state index is 5.12.